The standard InChI is InChI=1S/C21H23N3O2S/c1-23-13-11-19-16(14-23)7-4-10-21(19)27(25,26)24(2)15-17-6-3-9-20-18(17)8-5-12-22-20/h3-10,12H,11,13-15H2,1-2H3. The Hall–Kier alpha value is -2.28. The zero-order valence-electron chi connectivity index (χ0n) is 15.6. The summed E-state index contributed by atoms with van der Waals surface area (Å²) < 4.78 is 28.1. The molecule has 140 valence electrons. The normalized spacial score (nSPS) is 15.2. The molecule has 0 fully saturated rings. The summed E-state index contributed by atoms with van der Waals surface area (Å²) in [6.07, 6.45) is 2.51. The lowest BCUT2D eigenvalue weighted by atomic mass is 10.0. The van der Waals surface area contributed by atoms with Crippen molar-refractivity contribution in [2.24, 2.45) is 0 Å². The van der Waals surface area contributed by atoms with E-state index in [-0.39, 0.29) is 0 Å². The van der Waals surface area contributed by atoms with Gasteiger partial charge in [-0.1, -0.05) is 30.3 Å². The van der Waals surface area contributed by atoms with E-state index < -0.39 is 10.0 Å². The van der Waals surface area contributed by atoms with Gasteiger partial charge in [-0.2, -0.15) is 4.31 Å². The third kappa shape index (κ3) is 3.36. The van der Waals surface area contributed by atoms with Crippen molar-refractivity contribution < 1.29 is 8.42 Å². The Balaban J connectivity index is 1.69. The first-order chi connectivity index (χ1) is 13.0. The average molecular weight is 382 g/mol. The first-order valence-electron chi connectivity index (χ1n) is 9.05. The molecule has 0 bridgehead atoms. The fourth-order valence-electron chi connectivity index (χ4n) is 3.75. The van der Waals surface area contributed by atoms with Gasteiger partial charge >= 0.3 is 0 Å². The maximum absolute atomic E-state index is 13.3. The van der Waals surface area contributed by atoms with Crippen LogP contribution in [0.5, 0.6) is 0 Å². The van der Waals surface area contributed by atoms with E-state index in [1.807, 2.05) is 42.5 Å². The number of fused-ring (bicyclic) bond motifs is 2. The second kappa shape index (κ2) is 7.03. The Kier molecular flexibility index (Phi) is 4.72. The Morgan fingerprint density at radius 1 is 1.11 bits per heavy atom. The minimum absolute atomic E-state index is 0.314. The van der Waals surface area contributed by atoms with Crippen molar-refractivity contribution in [1.29, 1.82) is 0 Å². The predicted molar refractivity (Wildman–Crippen MR) is 107 cm³/mol. The molecule has 0 atom stereocenters. The maximum atomic E-state index is 13.3. The topological polar surface area (TPSA) is 53.5 Å². The van der Waals surface area contributed by atoms with Crippen LogP contribution in [0.2, 0.25) is 0 Å². The first kappa shape index (κ1) is 18.1. The highest BCUT2D eigenvalue weighted by Gasteiger charge is 2.27. The van der Waals surface area contributed by atoms with E-state index in [1.54, 1.807) is 19.3 Å². The molecule has 0 saturated heterocycles. The van der Waals surface area contributed by atoms with Crippen LogP contribution in [0.4, 0.5) is 0 Å². The van der Waals surface area contributed by atoms with Crippen molar-refractivity contribution in [3.8, 4) is 0 Å². The van der Waals surface area contributed by atoms with Crippen LogP contribution < -0.4 is 0 Å². The van der Waals surface area contributed by atoms with E-state index in [0.29, 0.717) is 11.4 Å². The number of benzene rings is 2. The van der Waals surface area contributed by atoms with E-state index in [9.17, 15) is 8.42 Å². The third-order valence-electron chi connectivity index (χ3n) is 5.23. The highest BCUT2D eigenvalue weighted by Crippen LogP contribution is 2.28. The Morgan fingerprint density at radius 2 is 1.93 bits per heavy atom. The molecule has 3 aromatic rings. The molecule has 0 spiro atoms. The zero-order valence-corrected chi connectivity index (χ0v) is 16.4. The van der Waals surface area contributed by atoms with Crippen LogP contribution in [0.15, 0.2) is 59.6 Å². The van der Waals surface area contributed by atoms with Gasteiger partial charge in [-0.3, -0.25) is 4.98 Å². The molecule has 0 radical (unpaired) electrons. The molecule has 1 aliphatic rings. The fraction of sp³-hybridized carbons (Fsp3) is 0.286. The second-order valence-corrected chi connectivity index (χ2v) is 9.14. The maximum Gasteiger partial charge on any atom is 0.243 e. The number of pyridine rings is 1. The van der Waals surface area contributed by atoms with Crippen LogP contribution in [0, 0.1) is 0 Å². The summed E-state index contributed by atoms with van der Waals surface area (Å²) in [5, 5.41) is 0.985. The van der Waals surface area contributed by atoms with Crippen molar-refractivity contribution in [2.75, 3.05) is 20.6 Å². The van der Waals surface area contributed by atoms with Gasteiger partial charge in [0, 0.05) is 38.3 Å². The molecule has 0 amide bonds. The van der Waals surface area contributed by atoms with Crippen LogP contribution in [0.1, 0.15) is 16.7 Å². The molecule has 2 aromatic carbocycles. The summed E-state index contributed by atoms with van der Waals surface area (Å²) in [7, 11) is 0.142. The van der Waals surface area contributed by atoms with Crippen molar-refractivity contribution in [3.05, 3.63) is 71.4 Å². The Bertz CT molecular complexity index is 1090. The van der Waals surface area contributed by atoms with Gasteiger partial charge in [-0.05, 0) is 48.4 Å². The summed E-state index contributed by atoms with van der Waals surface area (Å²) in [5.41, 5.74) is 3.90. The molecule has 1 aromatic heterocycles. The van der Waals surface area contributed by atoms with E-state index in [2.05, 4.69) is 16.9 Å². The molecule has 0 unspecified atom stereocenters. The lowest BCUT2D eigenvalue weighted by molar-refractivity contribution is 0.310. The summed E-state index contributed by atoms with van der Waals surface area (Å²) in [4.78, 5) is 7.01. The number of likely N-dealkylation sites (N-methyl/N-ethyl adjacent to an activating group) is 1. The highest BCUT2D eigenvalue weighted by molar-refractivity contribution is 7.89. The molecule has 0 aliphatic carbocycles. The van der Waals surface area contributed by atoms with Crippen LogP contribution in [0.25, 0.3) is 10.9 Å². The Labute approximate surface area is 160 Å². The lowest BCUT2D eigenvalue weighted by Crippen LogP contribution is -2.31. The monoisotopic (exact) mass is 381 g/mol. The number of nitrogens with zero attached hydrogens (tertiary/aromatic N) is 3. The molecule has 1 aliphatic heterocycles. The van der Waals surface area contributed by atoms with Crippen LogP contribution in [0.3, 0.4) is 0 Å². The van der Waals surface area contributed by atoms with Gasteiger partial charge in [-0.15, -0.1) is 0 Å². The van der Waals surface area contributed by atoms with Crippen molar-refractivity contribution in [2.45, 2.75) is 24.4 Å². The van der Waals surface area contributed by atoms with Gasteiger partial charge in [-0.25, -0.2) is 8.42 Å². The average Bonchev–Trinajstić information content (AvgIpc) is 2.67. The minimum atomic E-state index is -3.57. The molecule has 5 nitrogen and oxygen atoms in total. The summed E-state index contributed by atoms with van der Waals surface area (Å²) >= 11 is 0. The predicted octanol–water partition coefficient (Wildman–Crippen LogP) is 3.04. The molecule has 6 heteroatoms. The largest absolute Gasteiger partial charge is 0.302 e. The summed E-state index contributed by atoms with van der Waals surface area (Å²) in [6, 6.07) is 15.3. The van der Waals surface area contributed by atoms with Crippen molar-refractivity contribution in [1.82, 2.24) is 14.2 Å². The number of hydrogen-bond acceptors (Lipinski definition) is 4. The number of hydrogen-bond donors (Lipinski definition) is 0. The first-order valence-corrected chi connectivity index (χ1v) is 10.5. The van der Waals surface area contributed by atoms with Crippen molar-refractivity contribution >= 4 is 20.9 Å². The van der Waals surface area contributed by atoms with E-state index >= 15 is 0 Å². The van der Waals surface area contributed by atoms with E-state index in [0.717, 1.165) is 47.1 Å². The SMILES string of the molecule is CN1CCc2c(cccc2S(=O)(=O)N(C)Cc2cccc3ncccc23)C1. The van der Waals surface area contributed by atoms with Gasteiger partial charge in [0.1, 0.15) is 0 Å². The highest BCUT2D eigenvalue weighted by atomic mass is 32.2. The molecule has 0 N–H and O–H groups in total. The number of sulfonamides is 1. The quantitative estimate of drug-likeness (QED) is 0.697. The van der Waals surface area contributed by atoms with E-state index in [4.69, 9.17) is 0 Å². The lowest BCUT2D eigenvalue weighted by Gasteiger charge is -2.28. The molecule has 27 heavy (non-hydrogen) atoms. The Morgan fingerprint density at radius 3 is 2.78 bits per heavy atom. The molecule has 2 heterocycles. The second-order valence-electron chi connectivity index (χ2n) is 7.13. The zero-order chi connectivity index (χ0) is 19.0. The molecule has 0 saturated carbocycles. The van der Waals surface area contributed by atoms with E-state index in [1.165, 1.54) is 4.31 Å². The number of aromatic nitrogens is 1. The van der Waals surface area contributed by atoms with Gasteiger partial charge in [0.15, 0.2) is 0 Å². The molecular weight excluding hydrogens is 358 g/mol. The fourth-order valence-corrected chi connectivity index (χ4v) is 5.19. The summed E-state index contributed by atoms with van der Waals surface area (Å²) in [6.45, 7) is 1.98. The third-order valence-corrected chi connectivity index (χ3v) is 7.12. The van der Waals surface area contributed by atoms with Gasteiger partial charge < -0.3 is 4.90 Å². The van der Waals surface area contributed by atoms with Crippen LogP contribution in [-0.2, 0) is 29.5 Å². The summed E-state index contributed by atoms with van der Waals surface area (Å²) in [5.74, 6) is 0. The number of rotatable bonds is 4. The minimum Gasteiger partial charge on any atom is -0.302 e. The molecular formula is C21H23N3O2S. The molecule has 4 rings (SSSR count). The van der Waals surface area contributed by atoms with Crippen LogP contribution in [-0.4, -0.2) is 43.2 Å². The van der Waals surface area contributed by atoms with Gasteiger partial charge in [0.2, 0.25) is 10.0 Å². The van der Waals surface area contributed by atoms with Crippen LogP contribution >= 0.6 is 0 Å². The van der Waals surface area contributed by atoms with Crippen molar-refractivity contribution in [3.63, 3.8) is 0 Å². The van der Waals surface area contributed by atoms with Gasteiger partial charge in [0.25, 0.3) is 0 Å². The van der Waals surface area contributed by atoms with Gasteiger partial charge in [0.05, 0.1) is 10.4 Å². The smallest absolute Gasteiger partial charge is 0.243 e.